The minimum atomic E-state index is -0.414. The molecule has 0 saturated heterocycles. The zero-order chi connectivity index (χ0) is 10.3. The molecule has 1 aromatic heterocycles. The van der Waals surface area contributed by atoms with Crippen LogP contribution in [0.3, 0.4) is 0 Å². The quantitative estimate of drug-likeness (QED) is 0.340. The van der Waals surface area contributed by atoms with Crippen molar-refractivity contribution in [1.29, 1.82) is 0 Å². The van der Waals surface area contributed by atoms with Crippen LogP contribution in [0.25, 0.3) is 10.1 Å². The standard InChI is InChI=1S/C8H6N2O2S2/c9-7-5(13)2-1-4-3-6(10(11)12)14-8(4)7/h1-3,13H,9H2. The van der Waals surface area contributed by atoms with Gasteiger partial charge in [0, 0.05) is 16.3 Å². The van der Waals surface area contributed by atoms with Crippen LogP contribution in [-0.4, -0.2) is 4.92 Å². The number of nitrogens with two attached hydrogens (primary N) is 1. The average Bonchev–Trinajstić information content (AvgIpc) is 2.56. The topological polar surface area (TPSA) is 69.2 Å². The van der Waals surface area contributed by atoms with E-state index in [1.165, 1.54) is 6.07 Å². The van der Waals surface area contributed by atoms with Crippen LogP contribution in [0.15, 0.2) is 23.1 Å². The fourth-order valence-corrected chi connectivity index (χ4v) is 2.39. The van der Waals surface area contributed by atoms with Crippen molar-refractivity contribution in [2.24, 2.45) is 0 Å². The third-order valence-corrected chi connectivity index (χ3v) is 3.39. The Hall–Kier alpha value is -1.27. The summed E-state index contributed by atoms with van der Waals surface area (Å²) in [4.78, 5) is 10.8. The van der Waals surface area contributed by atoms with Gasteiger partial charge in [0.05, 0.1) is 15.3 Å². The zero-order valence-electron chi connectivity index (χ0n) is 6.93. The van der Waals surface area contributed by atoms with Gasteiger partial charge in [-0.3, -0.25) is 10.1 Å². The fraction of sp³-hybridized carbons (Fsp3) is 0. The Morgan fingerprint density at radius 3 is 2.86 bits per heavy atom. The predicted octanol–water partition coefficient (Wildman–Crippen LogP) is 2.68. The van der Waals surface area contributed by atoms with Crippen molar-refractivity contribution >= 4 is 44.7 Å². The van der Waals surface area contributed by atoms with Gasteiger partial charge < -0.3 is 5.73 Å². The number of benzene rings is 1. The lowest BCUT2D eigenvalue weighted by molar-refractivity contribution is -0.380. The maximum atomic E-state index is 10.5. The van der Waals surface area contributed by atoms with Gasteiger partial charge in [0.1, 0.15) is 0 Å². The van der Waals surface area contributed by atoms with Crippen molar-refractivity contribution in [1.82, 2.24) is 0 Å². The Morgan fingerprint density at radius 2 is 2.21 bits per heavy atom. The molecule has 2 aromatic rings. The molecule has 0 bridgehead atoms. The van der Waals surface area contributed by atoms with Crippen molar-refractivity contribution < 1.29 is 4.92 Å². The number of nitrogen functional groups attached to an aromatic ring is 1. The smallest absolute Gasteiger partial charge is 0.325 e. The molecule has 0 radical (unpaired) electrons. The molecule has 0 aliphatic heterocycles. The van der Waals surface area contributed by atoms with Gasteiger partial charge in [0.15, 0.2) is 0 Å². The number of rotatable bonds is 1. The molecule has 0 atom stereocenters. The van der Waals surface area contributed by atoms with Gasteiger partial charge >= 0.3 is 5.00 Å². The molecule has 6 heteroatoms. The van der Waals surface area contributed by atoms with E-state index in [4.69, 9.17) is 5.73 Å². The first-order valence-electron chi connectivity index (χ1n) is 3.75. The van der Waals surface area contributed by atoms with Gasteiger partial charge in [-0.1, -0.05) is 17.4 Å². The minimum absolute atomic E-state index is 0.102. The third-order valence-electron chi connectivity index (χ3n) is 1.87. The highest BCUT2D eigenvalue weighted by atomic mass is 32.1. The van der Waals surface area contributed by atoms with Crippen molar-refractivity contribution in [3.8, 4) is 0 Å². The molecule has 0 saturated carbocycles. The van der Waals surface area contributed by atoms with Crippen LogP contribution in [0.1, 0.15) is 0 Å². The number of thiophene rings is 1. The SMILES string of the molecule is Nc1c(S)ccc2cc([N+](=O)[O-])sc12. The average molecular weight is 226 g/mol. The summed E-state index contributed by atoms with van der Waals surface area (Å²) in [6.07, 6.45) is 0. The van der Waals surface area contributed by atoms with E-state index in [-0.39, 0.29) is 5.00 Å². The fourth-order valence-electron chi connectivity index (χ4n) is 1.19. The molecule has 0 spiro atoms. The van der Waals surface area contributed by atoms with Crippen LogP contribution in [-0.2, 0) is 0 Å². The molecular formula is C8H6N2O2S2. The van der Waals surface area contributed by atoms with Gasteiger partial charge in [0.2, 0.25) is 0 Å². The largest absolute Gasteiger partial charge is 0.397 e. The number of nitro groups is 1. The van der Waals surface area contributed by atoms with Crippen molar-refractivity contribution in [3.05, 3.63) is 28.3 Å². The van der Waals surface area contributed by atoms with Crippen molar-refractivity contribution in [3.63, 3.8) is 0 Å². The second-order valence-corrected chi connectivity index (χ2v) is 4.27. The van der Waals surface area contributed by atoms with Crippen LogP contribution in [0.4, 0.5) is 10.7 Å². The summed E-state index contributed by atoms with van der Waals surface area (Å²) >= 11 is 5.22. The molecule has 0 fully saturated rings. The Labute approximate surface area is 88.9 Å². The van der Waals surface area contributed by atoms with Crippen molar-refractivity contribution in [2.45, 2.75) is 4.90 Å². The van der Waals surface area contributed by atoms with Gasteiger partial charge in [0.25, 0.3) is 0 Å². The molecule has 14 heavy (non-hydrogen) atoms. The van der Waals surface area contributed by atoms with Crippen LogP contribution >= 0.6 is 24.0 Å². The summed E-state index contributed by atoms with van der Waals surface area (Å²) < 4.78 is 0.726. The van der Waals surface area contributed by atoms with Crippen LogP contribution in [0.2, 0.25) is 0 Å². The van der Waals surface area contributed by atoms with E-state index in [0.717, 1.165) is 21.4 Å². The molecule has 72 valence electrons. The highest BCUT2D eigenvalue weighted by Crippen LogP contribution is 2.37. The van der Waals surface area contributed by atoms with Gasteiger partial charge in [-0.15, -0.1) is 12.6 Å². The van der Waals surface area contributed by atoms with E-state index in [2.05, 4.69) is 12.6 Å². The molecule has 1 aromatic carbocycles. The van der Waals surface area contributed by atoms with E-state index in [1.54, 1.807) is 12.1 Å². The minimum Gasteiger partial charge on any atom is -0.397 e. The highest BCUT2D eigenvalue weighted by molar-refractivity contribution is 7.80. The first-order valence-corrected chi connectivity index (χ1v) is 5.01. The summed E-state index contributed by atoms with van der Waals surface area (Å²) in [6.45, 7) is 0. The molecule has 0 aliphatic carbocycles. The number of nitrogens with zero attached hydrogens (tertiary/aromatic N) is 1. The van der Waals surface area contributed by atoms with Gasteiger partial charge in [-0.25, -0.2) is 0 Å². The van der Waals surface area contributed by atoms with Gasteiger partial charge in [-0.05, 0) is 6.07 Å². The number of anilines is 1. The summed E-state index contributed by atoms with van der Waals surface area (Å²) in [5.41, 5.74) is 6.25. The molecule has 2 rings (SSSR count). The van der Waals surface area contributed by atoms with Crippen LogP contribution in [0.5, 0.6) is 0 Å². The molecular weight excluding hydrogens is 220 g/mol. The maximum Gasteiger partial charge on any atom is 0.325 e. The molecule has 0 unspecified atom stereocenters. The number of hydrogen-bond donors (Lipinski definition) is 2. The van der Waals surface area contributed by atoms with Crippen LogP contribution < -0.4 is 5.73 Å². The molecule has 0 amide bonds. The highest BCUT2D eigenvalue weighted by Gasteiger charge is 2.13. The Morgan fingerprint density at radius 1 is 1.50 bits per heavy atom. The lowest BCUT2D eigenvalue weighted by Crippen LogP contribution is -1.85. The Balaban J connectivity index is 2.77. The monoisotopic (exact) mass is 226 g/mol. The normalized spacial score (nSPS) is 10.6. The summed E-state index contributed by atoms with van der Waals surface area (Å²) in [6, 6.07) is 5.03. The van der Waals surface area contributed by atoms with E-state index in [0.29, 0.717) is 10.6 Å². The molecule has 1 heterocycles. The summed E-state index contributed by atoms with van der Waals surface area (Å²) in [7, 11) is 0. The van der Waals surface area contributed by atoms with E-state index < -0.39 is 4.92 Å². The van der Waals surface area contributed by atoms with E-state index >= 15 is 0 Å². The van der Waals surface area contributed by atoms with Crippen LogP contribution in [0, 0.1) is 10.1 Å². The zero-order valence-corrected chi connectivity index (χ0v) is 8.64. The first kappa shape index (κ1) is 9.29. The Kier molecular flexibility index (Phi) is 2.09. The summed E-state index contributed by atoms with van der Waals surface area (Å²) in [5.74, 6) is 0. The molecule has 4 nitrogen and oxygen atoms in total. The second kappa shape index (κ2) is 3.14. The van der Waals surface area contributed by atoms with E-state index in [1.807, 2.05) is 0 Å². The predicted molar refractivity (Wildman–Crippen MR) is 60.1 cm³/mol. The Bertz CT molecular complexity index is 521. The summed E-state index contributed by atoms with van der Waals surface area (Å²) in [5, 5.41) is 11.4. The molecule has 0 aliphatic rings. The lowest BCUT2D eigenvalue weighted by atomic mass is 10.2. The second-order valence-electron chi connectivity index (χ2n) is 2.76. The number of hydrogen-bond acceptors (Lipinski definition) is 5. The number of fused-ring (bicyclic) bond motifs is 1. The van der Waals surface area contributed by atoms with Gasteiger partial charge in [-0.2, -0.15) is 0 Å². The van der Waals surface area contributed by atoms with Crippen molar-refractivity contribution in [2.75, 3.05) is 5.73 Å². The number of thiol groups is 1. The maximum absolute atomic E-state index is 10.5. The van der Waals surface area contributed by atoms with E-state index in [9.17, 15) is 10.1 Å². The lowest BCUT2D eigenvalue weighted by Gasteiger charge is -1.97. The third kappa shape index (κ3) is 1.32. The first-order chi connectivity index (χ1) is 6.59. The molecule has 2 N–H and O–H groups in total.